The van der Waals surface area contributed by atoms with E-state index in [1.807, 2.05) is 48.5 Å². The predicted octanol–water partition coefficient (Wildman–Crippen LogP) is 3.13. The number of piperazine rings is 1. The zero-order valence-corrected chi connectivity index (χ0v) is 16.7. The third-order valence-electron chi connectivity index (χ3n) is 5.31. The number of hydrogen-bond donors (Lipinski definition) is 2. The van der Waals surface area contributed by atoms with Crippen LogP contribution in [0.1, 0.15) is 17.0 Å². The highest BCUT2D eigenvalue weighted by atomic mass is 16.5. The number of rotatable bonds is 7. The number of nitrogens with one attached hydrogen (secondary N) is 2. The van der Waals surface area contributed by atoms with Crippen LogP contribution in [0.5, 0.6) is 5.75 Å². The highest BCUT2D eigenvalue weighted by Crippen LogP contribution is 2.36. The number of benzene rings is 2. The molecular weight excluding hydrogens is 366 g/mol. The Morgan fingerprint density at radius 3 is 2.72 bits per heavy atom. The minimum Gasteiger partial charge on any atom is -0.497 e. The average Bonchev–Trinajstić information content (AvgIpc) is 3.16. The number of nitrogens with zero attached hydrogens (tertiary/aromatic N) is 1. The molecule has 1 saturated heterocycles. The van der Waals surface area contributed by atoms with Crippen molar-refractivity contribution in [2.24, 2.45) is 0 Å². The number of ether oxygens (including phenoxy) is 1. The minimum atomic E-state index is -0.181. The molecule has 0 aliphatic carbocycles. The van der Waals surface area contributed by atoms with Gasteiger partial charge in [0.15, 0.2) is 0 Å². The van der Waals surface area contributed by atoms with E-state index in [1.54, 1.807) is 7.11 Å². The van der Waals surface area contributed by atoms with E-state index in [9.17, 15) is 4.79 Å². The molecule has 0 bridgehead atoms. The highest BCUT2D eigenvalue weighted by molar-refractivity contribution is 6.08. The molecule has 0 radical (unpaired) electrons. The summed E-state index contributed by atoms with van der Waals surface area (Å²) in [5.74, 6) is 0.870. The quantitative estimate of drug-likeness (QED) is 0.604. The van der Waals surface area contributed by atoms with Gasteiger partial charge in [-0.05, 0) is 30.7 Å². The normalized spacial score (nSPS) is 14.8. The number of hydrogen-bond acceptors (Lipinski definition) is 5. The van der Waals surface area contributed by atoms with Crippen molar-refractivity contribution in [1.29, 1.82) is 0 Å². The van der Waals surface area contributed by atoms with Crippen LogP contribution in [-0.2, 0) is 0 Å². The van der Waals surface area contributed by atoms with Gasteiger partial charge >= 0.3 is 0 Å². The molecule has 152 valence electrons. The summed E-state index contributed by atoms with van der Waals surface area (Å²) < 4.78 is 11.3. The van der Waals surface area contributed by atoms with E-state index in [1.165, 1.54) is 0 Å². The van der Waals surface area contributed by atoms with E-state index in [0.717, 1.165) is 55.7 Å². The standard InChI is InChI=1S/C23H27N3O3/c1-28-18-8-9-19-20(16-18)29-22(21(19)17-6-3-2-4-7-17)23(27)25-10-5-13-26-14-11-24-12-15-26/h2-4,6-9,16,24H,5,10-15H2,1H3,(H,25,27). The van der Waals surface area contributed by atoms with Gasteiger partial charge in [-0.25, -0.2) is 0 Å². The molecule has 1 fully saturated rings. The summed E-state index contributed by atoms with van der Waals surface area (Å²) in [4.78, 5) is 15.4. The van der Waals surface area contributed by atoms with Crippen molar-refractivity contribution in [3.8, 4) is 16.9 Å². The van der Waals surface area contributed by atoms with Gasteiger partial charge in [0, 0.05) is 49.7 Å². The maximum atomic E-state index is 13.0. The topological polar surface area (TPSA) is 66.7 Å². The van der Waals surface area contributed by atoms with E-state index >= 15 is 0 Å². The van der Waals surface area contributed by atoms with E-state index < -0.39 is 0 Å². The molecule has 1 aliphatic rings. The summed E-state index contributed by atoms with van der Waals surface area (Å²) in [6, 6.07) is 15.5. The van der Waals surface area contributed by atoms with Crippen LogP contribution in [-0.4, -0.2) is 57.2 Å². The highest BCUT2D eigenvalue weighted by Gasteiger charge is 2.22. The first-order chi connectivity index (χ1) is 14.3. The molecule has 1 aromatic heterocycles. The number of carbonyl (C=O) groups is 1. The molecule has 0 atom stereocenters. The van der Waals surface area contributed by atoms with Crippen molar-refractivity contribution in [1.82, 2.24) is 15.5 Å². The van der Waals surface area contributed by atoms with Gasteiger partial charge in [-0.2, -0.15) is 0 Å². The first-order valence-corrected chi connectivity index (χ1v) is 10.1. The lowest BCUT2D eigenvalue weighted by Gasteiger charge is -2.27. The van der Waals surface area contributed by atoms with Crippen molar-refractivity contribution >= 4 is 16.9 Å². The molecule has 3 aromatic rings. The van der Waals surface area contributed by atoms with Gasteiger partial charge in [0.25, 0.3) is 5.91 Å². The fourth-order valence-corrected chi connectivity index (χ4v) is 3.77. The van der Waals surface area contributed by atoms with Crippen LogP contribution in [0.4, 0.5) is 0 Å². The SMILES string of the molecule is COc1ccc2c(-c3ccccc3)c(C(=O)NCCCN3CCNCC3)oc2c1. The van der Waals surface area contributed by atoms with Crippen LogP contribution >= 0.6 is 0 Å². The Morgan fingerprint density at radius 1 is 1.17 bits per heavy atom. The lowest BCUT2D eigenvalue weighted by atomic mass is 10.0. The molecule has 0 unspecified atom stereocenters. The number of furan rings is 1. The zero-order chi connectivity index (χ0) is 20.1. The summed E-state index contributed by atoms with van der Waals surface area (Å²) in [6.07, 6.45) is 0.917. The summed E-state index contributed by atoms with van der Waals surface area (Å²) in [6.45, 7) is 5.82. The van der Waals surface area contributed by atoms with E-state index in [4.69, 9.17) is 9.15 Å². The van der Waals surface area contributed by atoms with Gasteiger partial charge in [0.1, 0.15) is 11.3 Å². The van der Waals surface area contributed by atoms with Crippen LogP contribution in [0.2, 0.25) is 0 Å². The fourth-order valence-electron chi connectivity index (χ4n) is 3.77. The van der Waals surface area contributed by atoms with Crippen LogP contribution < -0.4 is 15.4 Å². The van der Waals surface area contributed by atoms with Crippen molar-refractivity contribution in [3.63, 3.8) is 0 Å². The first kappa shape index (κ1) is 19.5. The van der Waals surface area contributed by atoms with Gasteiger partial charge in [0.05, 0.1) is 7.11 Å². The summed E-state index contributed by atoms with van der Waals surface area (Å²) in [5, 5.41) is 7.29. The molecule has 2 N–H and O–H groups in total. The number of amides is 1. The van der Waals surface area contributed by atoms with Crippen molar-refractivity contribution in [2.45, 2.75) is 6.42 Å². The second kappa shape index (κ2) is 9.11. The third kappa shape index (κ3) is 4.44. The first-order valence-electron chi connectivity index (χ1n) is 10.1. The molecule has 0 spiro atoms. The molecular formula is C23H27N3O3. The molecule has 2 aromatic carbocycles. The van der Waals surface area contributed by atoms with Crippen LogP contribution in [0.3, 0.4) is 0 Å². The Morgan fingerprint density at radius 2 is 1.97 bits per heavy atom. The Labute approximate surface area is 170 Å². The average molecular weight is 393 g/mol. The molecule has 6 heteroatoms. The van der Waals surface area contributed by atoms with E-state index in [2.05, 4.69) is 15.5 Å². The van der Waals surface area contributed by atoms with Gasteiger partial charge in [-0.3, -0.25) is 4.79 Å². The van der Waals surface area contributed by atoms with Crippen molar-refractivity contribution in [2.75, 3.05) is 46.4 Å². The Balaban J connectivity index is 1.52. The Bertz CT molecular complexity index is 962. The molecule has 6 nitrogen and oxygen atoms in total. The second-order valence-electron chi connectivity index (χ2n) is 7.24. The van der Waals surface area contributed by atoms with Gasteiger partial charge in [0.2, 0.25) is 5.76 Å². The number of methoxy groups -OCH3 is 1. The second-order valence-corrected chi connectivity index (χ2v) is 7.24. The summed E-state index contributed by atoms with van der Waals surface area (Å²) >= 11 is 0. The Kier molecular flexibility index (Phi) is 6.12. The number of fused-ring (bicyclic) bond motifs is 1. The van der Waals surface area contributed by atoms with Crippen LogP contribution in [0, 0.1) is 0 Å². The minimum absolute atomic E-state index is 0.181. The molecule has 29 heavy (non-hydrogen) atoms. The largest absolute Gasteiger partial charge is 0.497 e. The monoisotopic (exact) mass is 393 g/mol. The lowest BCUT2D eigenvalue weighted by molar-refractivity contribution is 0.0926. The summed E-state index contributed by atoms with van der Waals surface area (Å²) in [5.41, 5.74) is 2.43. The van der Waals surface area contributed by atoms with E-state index in [-0.39, 0.29) is 5.91 Å². The summed E-state index contributed by atoms with van der Waals surface area (Å²) in [7, 11) is 1.62. The molecule has 2 heterocycles. The van der Waals surface area contributed by atoms with Crippen molar-refractivity contribution in [3.05, 3.63) is 54.3 Å². The smallest absolute Gasteiger partial charge is 0.287 e. The molecule has 4 rings (SSSR count). The Hall–Kier alpha value is -2.83. The number of carbonyl (C=O) groups excluding carboxylic acids is 1. The molecule has 1 aliphatic heterocycles. The predicted molar refractivity (Wildman–Crippen MR) is 114 cm³/mol. The molecule has 1 amide bonds. The lowest BCUT2D eigenvalue weighted by Crippen LogP contribution is -2.44. The van der Waals surface area contributed by atoms with Crippen LogP contribution in [0.25, 0.3) is 22.1 Å². The van der Waals surface area contributed by atoms with Gasteiger partial charge in [-0.15, -0.1) is 0 Å². The van der Waals surface area contributed by atoms with E-state index in [0.29, 0.717) is 23.6 Å². The maximum absolute atomic E-state index is 13.0. The van der Waals surface area contributed by atoms with Crippen molar-refractivity contribution < 1.29 is 13.9 Å². The molecule has 0 saturated carbocycles. The third-order valence-corrected chi connectivity index (χ3v) is 5.31. The van der Waals surface area contributed by atoms with Gasteiger partial charge in [-0.1, -0.05) is 30.3 Å². The zero-order valence-electron chi connectivity index (χ0n) is 16.7. The van der Waals surface area contributed by atoms with Gasteiger partial charge < -0.3 is 24.7 Å². The fraction of sp³-hybridized carbons (Fsp3) is 0.348. The maximum Gasteiger partial charge on any atom is 0.287 e. The van der Waals surface area contributed by atoms with Crippen LogP contribution in [0.15, 0.2) is 52.9 Å².